The molecule has 0 N–H and O–H groups in total. The van der Waals surface area contributed by atoms with Crippen LogP contribution < -0.4 is 14.4 Å². The first kappa shape index (κ1) is 19.5. The molecule has 0 bridgehead atoms. The average Bonchev–Trinajstić information content (AvgIpc) is 2.68. The molecule has 3 aromatic rings. The molecule has 8 heteroatoms. The van der Waals surface area contributed by atoms with Gasteiger partial charge < -0.3 is 14.4 Å². The van der Waals surface area contributed by atoms with Gasteiger partial charge in [0.1, 0.15) is 17.1 Å². The highest BCUT2D eigenvalue weighted by atomic mass is 19.4. The fourth-order valence-corrected chi connectivity index (χ4v) is 2.44. The highest BCUT2D eigenvalue weighted by molar-refractivity contribution is 5.58. The van der Waals surface area contributed by atoms with Crippen molar-refractivity contribution < 1.29 is 22.6 Å². The number of hydrogen-bond donors (Lipinski definition) is 0. The summed E-state index contributed by atoms with van der Waals surface area (Å²) in [6.45, 7) is 2.42. The van der Waals surface area contributed by atoms with Gasteiger partial charge in [0.25, 0.3) is 0 Å². The van der Waals surface area contributed by atoms with Gasteiger partial charge in [0, 0.05) is 18.9 Å². The first-order chi connectivity index (χ1) is 13.4. The number of nitrogens with zero attached hydrogens (tertiary/aromatic N) is 3. The Morgan fingerprint density at radius 1 is 0.964 bits per heavy atom. The Labute approximate surface area is 160 Å². The van der Waals surface area contributed by atoms with Crippen LogP contribution in [0.2, 0.25) is 0 Å². The van der Waals surface area contributed by atoms with Crippen molar-refractivity contribution in [2.24, 2.45) is 0 Å². The first-order valence-electron chi connectivity index (χ1n) is 8.52. The summed E-state index contributed by atoms with van der Waals surface area (Å²) in [6, 6.07) is 15.2. The van der Waals surface area contributed by atoms with Gasteiger partial charge in [-0.2, -0.15) is 18.2 Å². The average molecular weight is 389 g/mol. The first-order valence-corrected chi connectivity index (χ1v) is 8.52. The van der Waals surface area contributed by atoms with Crippen LogP contribution in [-0.2, 0) is 6.18 Å². The number of alkyl halides is 3. The van der Waals surface area contributed by atoms with Crippen LogP contribution in [0.3, 0.4) is 0 Å². The Balaban J connectivity index is 1.94. The molecule has 0 aliphatic heterocycles. The molecule has 0 aliphatic rings. The summed E-state index contributed by atoms with van der Waals surface area (Å²) in [5, 5.41) is 0. The lowest BCUT2D eigenvalue weighted by Gasteiger charge is -2.20. The van der Waals surface area contributed by atoms with Gasteiger partial charge in [0.2, 0.25) is 11.8 Å². The van der Waals surface area contributed by atoms with Crippen LogP contribution in [0, 0.1) is 0 Å². The smallest absolute Gasteiger partial charge is 0.423 e. The van der Waals surface area contributed by atoms with E-state index in [0.29, 0.717) is 18.0 Å². The van der Waals surface area contributed by atoms with Crippen molar-refractivity contribution >= 4 is 11.6 Å². The van der Waals surface area contributed by atoms with Gasteiger partial charge in [0.15, 0.2) is 0 Å². The SMILES string of the molecule is CCOc1ccc(N(C)c2ncc(C(F)(F)F)c(Oc3ccccc3)n2)cc1. The number of benzene rings is 2. The molecule has 0 fully saturated rings. The van der Waals surface area contributed by atoms with Gasteiger partial charge >= 0.3 is 6.18 Å². The fourth-order valence-electron chi connectivity index (χ4n) is 2.44. The molecule has 0 atom stereocenters. The Kier molecular flexibility index (Phi) is 5.67. The number of ether oxygens (including phenoxy) is 2. The molecule has 0 unspecified atom stereocenters. The quantitative estimate of drug-likeness (QED) is 0.561. The second-order valence-electron chi connectivity index (χ2n) is 5.79. The van der Waals surface area contributed by atoms with E-state index < -0.39 is 17.6 Å². The van der Waals surface area contributed by atoms with Crippen LogP contribution in [0.25, 0.3) is 0 Å². The van der Waals surface area contributed by atoms with Crippen LogP contribution in [-0.4, -0.2) is 23.6 Å². The zero-order valence-electron chi connectivity index (χ0n) is 15.3. The number of aromatic nitrogens is 2. The van der Waals surface area contributed by atoms with Gasteiger partial charge in [-0.15, -0.1) is 0 Å². The van der Waals surface area contributed by atoms with Crippen molar-refractivity contribution in [2.75, 3.05) is 18.6 Å². The molecule has 0 radical (unpaired) electrons. The minimum Gasteiger partial charge on any atom is -0.494 e. The second kappa shape index (κ2) is 8.16. The zero-order valence-corrected chi connectivity index (χ0v) is 15.3. The van der Waals surface area contributed by atoms with Crippen LogP contribution in [0.1, 0.15) is 12.5 Å². The third-order valence-electron chi connectivity index (χ3n) is 3.84. The topological polar surface area (TPSA) is 47.5 Å². The van der Waals surface area contributed by atoms with Crippen LogP contribution >= 0.6 is 0 Å². The van der Waals surface area contributed by atoms with Crippen molar-refractivity contribution in [3.05, 3.63) is 66.4 Å². The number of hydrogen-bond acceptors (Lipinski definition) is 5. The molecule has 5 nitrogen and oxygen atoms in total. The van der Waals surface area contributed by atoms with Crippen molar-refractivity contribution in [3.8, 4) is 17.4 Å². The van der Waals surface area contributed by atoms with E-state index >= 15 is 0 Å². The second-order valence-corrected chi connectivity index (χ2v) is 5.79. The maximum Gasteiger partial charge on any atom is 0.423 e. The number of rotatable bonds is 6. The van der Waals surface area contributed by atoms with Crippen molar-refractivity contribution in [2.45, 2.75) is 13.1 Å². The number of halogens is 3. The maximum absolute atomic E-state index is 13.3. The molecule has 0 saturated heterocycles. The summed E-state index contributed by atoms with van der Waals surface area (Å²) in [5.74, 6) is 0.465. The highest BCUT2D eigenvalue weighted by Gasteiger charge is 2.36. The highest BCUT2D eigenvalue weighted by Crippen LogP contribution is 2.37. The molecule has 146 valence electrons. The summed E-state index contributed by atoms with van der Waals surface area (Å²) >= 11 is 0. The molecule has 0 spiro atoms. The monoisotopic (exact) mass is 389 g/mol. The predicted molar refractivity (Wildman–Crippen MR) is 99.2 cm³/mol. The van der Waals surface area contributed by atoms with E-state index in [1.54, 1.807) is 66.5 Å². The Bertz CT molecular complexity index is 916. The van der Waals surface area contributed by atoms with Crippen LogP contribution in [0.5, 0.6) is 17.4 Å². The largest absolute Gasteiger partial charge is 0.494 e. The zero-order chi connectivity index (χ0) is 20.1. The molecule has 0 saturated carbocycles. The van der Waals surface area contributed by atoms with E-state index in [1.165, 1.54) is 0 Å². The molecule has 0 aliphatic carbocycles. The summed E-state index contributed by atoms with van der Waals surface area (Å²) < 4.78 is 50.8. The van der Waals surface area contributed by atoms with Crippen LogP contribution in [0.4, 0.5) is 24.8 Å². The molecule has 1 aromatic heterocycles. The molecule has 2 aromatic carbocycles. The van der Waals surface area contributed by atoms with Gasteiger partial charge in [-0.3, -0.25) is 0 Å². The van der Waals surface area contributed by atoms with Gasteiger partial charge in [-0.1, -0.05) is 18.2 Å². The summed E-state index contributed by atoms with van der Waals surface area (Å²) in [4.78, 5) is 9.44. The Morgan fingerprint density at radius 2 is 1.64 bits per heavy atom. The fraction of sp³-hybridized carbons (Fsp3) is 0.200. The standard InChI is InChI=1S/C20H18F3N3O2/c1-3-27-15-11-9-14(10-12-15)26(2)19-24-13-17(20(21,22)23)18(25-19)28-16-7-5-4-6-8-16/h4-13H,3H2,1-2H3. The lowest BCUT2D eigenvalue weighted by atomic mass is 10.3. The van der Waals surface area contributed by atoms with Gasteiger partial charge in [-0.25, -0.2) is 4.98 Å². The normalized spacial score (nSPS) is 11.2. The van der Waals surface area contributed by atoms with Gasteiger partial charge in [-0.05, 0) is 43.3 Å². The molecule has 0 amide bonds. The molecule has 3 rings (SSSR count). The number of para-hydroxylation sites is 1. The lowest BCUT2D eigenvalue weighted by molar-refractivity contribution is -0.139. The minimum absolute atomic E-state index is 0.0723. The summed E-state index contributed by atoms with van der Waals surface area (Å²) in [7, 11) is 1.66. The van der Waals surface area contributed by atoms with Gasteiger partial charge in [0.05, 0.1) is 6.61 Å². The molecular formula is C20H18F3N3O2. The maximum atomic E-state index is 13.3. The molecular weight excluding hydrogens is 371 g/mol. The van der Waals surface area contributed by atoms with Crippen LogP contribution in [0.15, 0.2) is 60.8 Å². The number of anilines is 2. The van der Waals surface area contributed by atoms with Crippen molar-refractivity contribution in [3.63, 3.8) is 0 Å². The molecule has 28 heavy (non-hydrogen) atoms. The summed E-state index contributed by atoms with van der Waals surface area (Å²) in [6.07, 6.45) is -3.91. The third kappa shape index (κ3) is 4.51. The van der Waals surface area contributed by atoms with Crippen molar-refractivity contribution in [1.82, 2.24) is 9.97 Å². The Hall–Kier alpha value is -3.29. The summed E-state index contributed by atoms with van der Waals surface area (Å²) in [5.41, 5.74) is -0.353. The van der Waals surface area contributed by atoms with E-state index in [1.807, 2.05) is 6.92 Å². The van der Waals surface area contributed by atoms with Crippen molar-refractivity contribution in [1.29, 1.82) is 0 Å². The van der Waals surface area contributed by atoms with E-state index in [4.69, 9.17) is 9.47 Å². The van der Waals surface area contributed by atoms with E-state index in [2.05, 4.69) is 9.97 Å². The molecule has 1 heterocycles. The minimum atomic E-state index is -4.64. The lowest BCUT2D eigenvalue weighted by Crippen LogP contribution is -2.16. The predicted octanol–water partition coefficient (Wildman–Crippen LogP) is 5.45. The van der Waals surface area contributed by atoms with E-state index in [-0.39, 0.29) is 11.7 Å². The Morgan fingerprint density at radius 3 is 2.25 bits per heavy atom. The van der Waals surface area contributed by atoms with E-state index in [9.17, 15) is 13.2 Å². The third-order valence-corrected chi connectivity index (χ3v) is 3.84. The van der Waals surface area contributed by atoms with E-state index in [0.717, 1.165) is 6.20 Å².